The Hall–Kier alpha value is -1.60. The van der Waals surface area contributed by atoms with Gasteiger partial charge in [0.25, 0.3) is 0 Å². The van der Waals surface area contributed by atoms with Gasteiger partial charge in [-0.2, -0.15) is 0 Å². The van der Waals surface area contributed by atoms with Gasteiger partial charge in [-0.3, -0.25) is 9.59 Å². The highest BCUT2D eigenvalue weighted by Gasteiger charge is 2.37. The largest absolute Gasteiger partial charge is 0.466 e. The van der Waals surface area contributed by atoms with E-state index in [2.05, 4.69) is 4.72 Å². The molecule has 0 saturated carbocycles. The molecule has 1 aromatic carbocycles. The number of hydrogen-bond acceptors (Lipinski definition) is 4. The van der Waals surface area contributed by atoms with Gasteiger partial charge < -0.3 is 4.74 Å². The second-order valence-electron chi connectivity index (χ2n) is 7.49. The fraction of sp³-hybridized carbons (Fsp3) is 0.579. The molecule has 0 saturated heterocycles. The summed E-state index contributed by atoms with van der Waals surface area (Å²) in [6.45, 7) is 10.3. The highest BCUT2D eigenvalue weighted by Crippen LogP contribution is 2.31. The van der Waals surface area contributed by atoms with Crippen molar-refractivity contribution in [1.29, 1.82) is 0 Å². The number of nitrogens with one attached hydrogen (secondary N) is 1. The first kappa shape index (κ1) is 22.4. The molecule has 5 nitrogen and oxygen atoms in total. The van der Waals surface area contributed by atoms with Crippen molar-refractivity contribution in [2.75, 3.05) is 6.61 Å². The van der Waals surface area contributed by atoms with E-state index < -0.39 is 33.1 Å². The van der Waals surface area contributed by atoms with Gasteiger partial charge in [0.05, 0.1) is 34.3 Å². The number of rotatable bonds is 8. The maximum absolute atomic E-state index is 14.6. The normalized spacial score (nSPS) is 15.2. The minimum Gasteiger partial charge on any atom is -0.466 e. The van der Waals surface area contributed by atoms with Crippen LogP contribution in [0, 0.1) is 5.82 Å². The minimum absolute atomic E-state index is 0.0547. The summed E-state index contributed by atoms with van der Waals surface area (Å²) >= 11 is 0. The van der Waals surface area contributed by atoms with E-state index in [1.54, 1.807) is 40.7 Å². The van der Waals surface area contributed by atoms with E-state index in [4.69, 9.17) is 4.74 Å². The van der Waals surface area contributed by atoms with Gasteiger partial charge in [0.1, 0.15) is 11.6 Å². The Bertz CT molecular complexity index is 699. The van der Waals surface area contributed by atoms with Gasteiger partial charge in [-0.05, 0) is 53.2 Å². The Morgan fingerprint density at radius 3 is 2.35 bits per heavy atom. The molecule has 146 valence electrons. The first-order chi connectivity index (χ1) is 11.9. The molecule has 1 N–H and O–H groups in total. The van der Waals surface area contributed by atoms with Crippen molar-refractivity contribution in [1.82, 2.24) is 4.72 Å². The molecule has 0 amide bonds. The van der Waals surface area contributed by atoms with E-state index in [-0.39, 0.29) is 30.8 Å². The van der Waals surface area contributed by atoms with Crippen molar-refractivity contribution < 1.29 is 22.9 Å². The standard InChI is InChI=1S/C19H28FNO4S/c1-7-25-17(23)12-19(6,21-26(24)18(3,4)5)15-11-14(10-13(2)22)8-9-16(15)20/h8-9,11,21H,7,10,12H2,1-6H3/t19-,26+/m0/s1. The van der Waals surface area contributed by atoms with Gasteiger partial charge in [0.15, 0.2) is 0 Å². The number of ketones is 1. The van der Waals surface area contributed by atoms with Crippen LogP contribution in [-0.2, 0) is 37.3 Å². The van der Waals surface area contributed by atoms with Crippen molar-refractivity contribution in [3.8, 4) is 0 Å². The molecule has 0 aliphatic rings. The summed E-state index contributed by atoms with van der Waals surface area (Å²) in [5.41, 5.74) is -0.435. The maximum atomic E-state index is 14.6. The van der Waals surface area contributed by atoms with Crippen LogP contribution < -0.4 is 4.72 Å². The van der Waals surface area contributed by atoms with E-state index in [1.165, 1.54) is 19.1 Å². The molecule has 0 aromatic heterocycles. The Labute approximate surface area is 157 Å². The zero-order valence-corrected chi connectivity index (χ0v) is 17.1. The first-order valence-corrected chi connectivity index (χ1v) is 9.67. The zero-order chi connectivity index (χ0) is 20.1. The van der Waals surface area contributed by atoms with Crippen molar-refractivity contribution in [3.05, 3.63) is 35.1 Å². The number of benzene rings is 1. The van der Waals surface area contributed by atoms with Gasteiger partial charge >= 0.3 is 5.97 Å². The van der Waals surface area contributed by atoms with E-state index in [1.807, 2.05) is 0 Å². The van der Waals surface area contributed by atoms with Crippen LogP contribution >= 0.6 is 0 Å². The summed E-state index contributed by atoms with van der Waals surface area (Å²) < 4.78 is 34.6. The van der Waals surface area contributed by atoms with Crippen LogP contribution in [0.4, 0.5) is 4.39 Å². The molecular formula is C19H28FNO4S. The topological polar surface area (TPSA) is 72.5 Å². The van der Waals surface area contributed by atoms with Crippen molar-refractivity contribution in [2.24, 2.45) is 0 Å². The fourth-order valence-corrected chi connectivity index (χ4v) is 3.33. The van der Waals surface area contributed by atoms with Gasteiger partial charge in [-0.15, -0.1) is 0 Å². The third-order valence-corrected chi connectivity index (χ3v) is 5.50. The number of hydrogen-bond donors (Lipinski definition) is 1. The van der Waals surface area contributed by atoms with E-state index in [0.29, 0.717) is 5.56 Å². The molecule has 0 spiro atoms. The molecule has 0 heterocycles. The van der Waals surface area contributed by atoms with Crippen LogP contribution in [0.2, 0.25) is 0 Å². The highest BCUT2D eigenvalue weighted by molar-refractivity contribution is 7.84. The van der Waals surface area contributed by atoms with E-state index >= 15 is 0 Å². The van der Waals surface area contributed by atoms with Crippen molar-refractivity contribution in [3.63, 3.8) is 0 Å². The average Bonchev–Trinajstić information content (AvgIpc) is 2.47. The van der Waals surface area contributed by atoms with Crippen molar-refractivity contribution in [2.45, 2.75) is 64.7 Å². The Balaban J connectivity index is 3.37. The number of halogens is 1. The maximum Gasteiger partial charge on any atom is 0.308 e. The minimum atomic E-state index is -1.54. The lowest BCUT2D eigenvalue weighted by molar-refractivity contribution is -0.144. The Morgan fingerprint density at radius 2 is 1.85 bits per heavy atom. The summed E-state index contributed by atoms with van der Waals surface area (Å²) in [4.78, 5) is 23.5. The van der Waals surface area contributed by atoms with Crippen LogP contribution in [-0.4, -0.2) is 27.3 Å². The lowest BCUT2D eigenvalue weighted by atomic mass is 9.87. The SMILES string of the molecule is CCOC(=O)C[C@](C)(N[S@](=O)C(C)(C)C)c1cc(CC(C)=O)ccc1F. The van der Waals surface area contributed by atoms with Gasteiger partial charge in [0.2, 0.25) is 0 Å². The average molecular weight is 386 g/mol. The summed E-state index contributed by atoms with van der Waals surface area (Å²) in [5.74, 6) is -1.12. The third kappa shape index (κ3) is 6.29. The molecule has 0 unspecified atom stereocenters. The van der Waals surface area contributed by atoms with Crippen LogP contribution in [0.15, 0.2) is 18.2 Å². The smallest absolute Gasteiger partial charge is 0.308 e. The summed E-state index contributed by atoms with van der Waals surface area (Å²) in [5, 5.41) is 0. The number of Topliss-reactive ketones (excluding diaryl/α,β-unsaturated/α-hetero) is 1. The highest BCUT2D eigenvalue weighted by atomic mass is 32.2. The van der Waals surface area contributed by atoms with E-state index in [0.717, 1.165) is 0 Å². The van der Waals surface area contributed by atoms with Crippen molar-refractivity contribution >= 4 is 22.7 Å². The quantitative estimate of drug-likeness (QED) is 0.698. The molecule has 1 aromatic rings. The molecule has 0 aliphatic heterocycles. The second-order valence-corrected chi connectivity index (χ2v) is 9.46. The lowest BCUT2D eigenvalue weighted by Crippen LogP contribution is -2.48. The molecule has 0 radical (unpaired) electrons. The van der Waals surface area contributed by atoms with Gasteiger partial charge in [0, 0.05) is 12.0 Å². The molecule has 26 heavy (non-hydrogen) atoms. The number of carbonyl (C=O) groups is 2. The molecule has 1 rings (SSSR count). The van der Waals surface area contributed by atoms with Gasteiger partial charge in [-0.25, -0.2) is 13.3 Å². The predicted molar refractivity (Wildman–Crippen MR) is 100 cm³/mol. The summed E-state index contributed by atoms with van der Waals surface area (Å²) in [6, 6.07) is 4.34. The van der Waals surface area contributed by atoms with Crippen LogP contribution in [0.25, 0.3) is 0 Å². The van der Waals surface area contributed by atoms with Crippen LogP contribution in [0.1, 0.15) is 59.1 Å². The number of carbonyl (C=O) groups excluding carboxylic acids is 2. The molecular weight excluding hydrogens is 357 g/mol. The Kier molecular flexibility index (Phi) is 7.65. The lowest BCUT2D eigenvalue weighted by Gasteiger charge is -2.33. The summed E-state index contributed by atoms with van der Waals surface area (Å²) in [7, 11) is -1.54. The third-order valence-electron chi connectivity index (χ3n) is 3.76. The Morgan fingerprint density at radius 1 is 1.23 bits per heavy atom. The second kappa shape index (κ2) is 8.86. The fourth-order valence-electron chi connectivity index (χ4n) is 2.44. The molecule has 0 aliphatic carbocycles. The number of esters is 1. The molecule has 0 fully saturated rings. The molecule has 0 bridgehead atoms. The van der Waals surface area contributed by atoms with Gasteiger partial charge in [-0.1, -0.05) is 12.1 Å². The predicted octanol–water partition coefficient (Wildman–Crippen LogP) is 3.18. The van der Waals surface area contributed by atoms with Crippen LogP contribution in [0.5, 0.6) is 0 Å². The molecule has 7 heteroatoms. The molecule has 2 atom stereocenters. The summed E-state index contributed by atoms with van der Waals surface area (Å²) in [6.07, 6.45) is -0.0335. The zero-order valence-electron chi connectivity index (χ0n) is 16.3. The van der Waals surface area contributed by atoms with E-state index in [9.17, 15) is 18.2 Å². The van der Waals surface area contributed by atoms with Crippen LogP contribution in [0.3, 0.4) is 0 Å². The monoisotopic (exact) mass is 385 g/mol. The first-order valence-electron chi connectivity index (χ1n) is 8.52. The number of ether oxygens (including phenoxy) is 1.